The lowest BCUT2D eigenvalue weighted by Gasteiger charge is -2.31. The molecule has 2 aliphatic heterocycles. The van der Waals surface area contributed by atoms with Crippen molar-refractivity contribution in [3.63, 3.8) is 0 Å². The summed E-state index contributed by atoms with van der Waals surface area (Å²) in [5.41, 5.74) is 2.64. The van der Waals surface area contributed by atoms with Gasteiger partial charge in [-0.05, 0) is 56.5 Å². The minimum Gasteiger partial charge on any atom is -0.466 e. The smallest absolute Gasteiger partial charge is 0.310 e. The summed E-state index contributed by atoms with van der Waals surface area (Å²) in [7, 11) is 0. The largest absolute Gasteiger partial charge is 0.466 e. The van der Waals surface area contributed by atoms with Gasteiger partial charge in [-0.3, -0.25) is 14.4 Å². The highest BCUT2D eigenvalue weighted by Crippen LogP contribution is 2.26. The highest BCUT2D eigenvalue weighted by atomic mass is 16.5. The fourth-order valence-corrected chi connectivity index (χ4v) is 4.67. The number of carbonyl (C=O) groups excluding carboxylic acids is 3. The SMILES string of the molecule is CCOC(=O)C1CCCN(C(=O)CCC(=O)Nc2ccc3nc(N4CCOCC4)cc(C)c3c2)C1. The maximum absolute atomic E-state index is 12.6. The van der Waals surface area contributed by atoms with Gasteiger partial charge < -0.3 is 24.6 Å². The first kappa shape index (κ1) is 24.9. The molecule has 2 saturated heterocycles. The molecule has 2 fully saturated rings. The van der Waals surface area contributed by atoms with E-state index in [-0.39, 0.29) is 36.5 Å². The second-order valence-corrected chi connectivity index (χ2v) is 9.11. The van der Waals surface area contributed by atoms with Crippen LogP contribution in [0, 0.1) is 12.8 Å². The van der Waals surface area contributed by atoms with Gasteiger partial charge in [-0.2, -0.15) is 0 Å². The van der Waals surface area contributed by atoms with Crippen LogP contribution < -0.4 is 10.2 Å². The van der Waals surface area contributed by atoms with Gasteiger partial charge in [0.05, 0.1) is 31.3 Å². The summed E-state index contributed by atoms with van der Waals surface area (Å²) in [6.45, 7) is 8.19. The average molecular weight is 483 g/mol. The molecule has 1 N–H and O–H groups in total. The highest BCUT2D eigenvalue weighted by Gasteiger charge is 2.29. The summed E-state index contributed by atoms with van der Waals surface area (Å²) >= 11 is 0. The predicted octanol–water partition coefficient (Wildman–Crippen LogP) is 2.90. The number of hydrogen-bond acceptors (Lipinski definition) is 7. The third-order valence-corrected chi connectivity index (χ3v) is 6.58. The second-order valence-electron chi connectivity index (χ2n) is 9.11. The van der Waals surface area contributed by atoms with Crippen molar-refractivity contribution in [3.05, 3.63) is 29.8 Å². The number of piperidine rings is 1. The molecule has 0 radical (unpaired) electrons. The molecule has 0 aliphatic carbocycles. The number of rotatable bonds is 7. The van der Waals surface area contributed by atoms with E-state index in [1.165, 1.54) is 0 Å². The van der Waals surface area contributed by atoms with Gasteiger partial charge in [0, 0.05) is 50.1 Å². The number of esters is 1. The van der Waals surface area contributed by atoms with Crippen molar-refractivity contribution in [1.29, 1.82) is 0 Å². The molecule has 188 valence electrons. The fourth-order valence-electron chi connectivity index (χ4n) is 4.67. The predicted molar refractivity (Wildman–Crippen MR) is 133 cm³/mol. The lowest BCUT2D eigenvalue weighted by atomic mass is 9.98. The molecule has 2 aliphatic rings. The molecule has 1 unspecified atom stereocenters. The highest BCUT2D eigenvalue weighted by molar-refractivity contribution is 5.96. The second kappa shape index (κ2) is 11.5. The Morgan fingerprint density at radius 3 is 2.71 bits per heavy atom. The van der Waals surface area contributed by atoms with E-state index in [0.717, 1.165) is 48.2 Å². The van der Waals surface area contributed by atoms with Crippen LogP contribution >= 0.6 is 0 Å². The molecule has 9 heteroatoms. The van der Waals surface area contributed by atoms with Gasteiger partial charge in [0.2, 0.25) is 11.8 Å². The summed E-state index contributed by atoms with van der Waals surface area (Å²) < 4.78 is 10.5. The zero-order valence-electron chi connectivity index (χ0n) is 20.5. The summed E-state index contributed by atoms with van der Waals surface area (Å²) in [6.07, 6.45) is 1.69. The van der Waals surface area contributed by atoms with Crippen LogP contribution in [0.25, 0.3) is 10.9 Å². The van der Waals surface area contributed by atoms with Crippen LogP contribution in [0.5, 0.6) is 0 Å². The summed E-state index contributed by atoms with van der Waals surface area (Å²) in [5, 5.41) is 3.88. The summed E-state index contributed by atoms with van der Waals surface area (Å²) in [6, 6.07) is 7.75. The normalized spacial score (nSPS) is 18.4. The average Bonchev–Trinajstić information content (AvgIpc) is 2.88. The minimum atomic E-state index is -0.278. The van der Waals surface area contributed by atoms with Crippen molar-refractivity contribution >= 4 is 40.2 Å². The molecule has 1 aromatic carbocycles. The van der Waals surface area contributed by atoms with Gasteiger partial charge in [0.15, 0.2) is 0 Å². The summed E-state index contributed by atoms with van der Waals surface area (Å²) in [5.74, 6) is 0.0904. The molecule has 4 rings (SSSR count). The van der Waals surface area contributed by atoms with E-state index in [1.807, 2.05) is 25.1 Å². The van der Waals surface area contributed by atoms with Crippen molar-refractivity contribution in [2.75, 3.05) is 56.2 Å². The van der Waals surface area contributed by atoms with E-state index in [9.17, 15) is 14.4 Å². The zero-order chi connectivity index (χ0) is 24.8. The van der Waals surface area contributed by atoms with Gasteiger partial charge in [-0.25, -0.2) is 4.98 Å². The lowest BCUT2D eigenvalue weighted by Crippen LogP contribution is -2.43. The van der Waals surface area contributed by atoms with Crippen molar-refractivity contribution in [1.82, 2.24) is 9.88 Å². The Morgan fingerprint density at radius 1 is 1.14 bits per heavy atom. The third-order valence-electron chi connectivity index (χ3n) is 6.58. The number of pyridine rings is 1. The molecular weight excluding hydrogens is 448 g/mol. The first-order chi connectivity index (χ1) is 16.9. The molecule has 9 nitrogen and oxygen atoms in total. The molecule has 2 amide bonds. The number of anilines is 2. The van der Waals surface area contributed by atoms with Gasteiger partial charge in [-0.1, -0.05) is 0 Å². The van der Waals surface area contributed by atoms with E-state index in [0.29, 0.717) is 38.6 Å². The number of fused-ring (bicyclic) bond motifs is 1. The van der Waals surface area contributed by atoms with E-state index < -0.39 is 0 Å². The number of aromatic nitrogens is 1. The van der Waals surface area contributed by atoms with Crippen LogP contribution in [0.3, 0.4) is 0 Å². The number of nitrogens with zero attached hydrogens (tertiary/aromatic N) is 3. The van der Waals surface area contributed by atoms with Crippen LogP contribution in [0.4, 0.5) is 11.5 Å². The van der Waals surface area contributed by atoms with E-state index in [4.69, 9.17) is 14.5 Å². The minimum absolute atomic E-state index is 0.0879. The number of hydrogen-bond donors (Lipinski definition) is 1. The first-order valence-corrected chi connectivity index (χ1v) is 12.4. The molecule has 1 aromatic heterocycles. The molecule has 0 saturated carbocycles. The third kappa shape index (κ3) is 6.28. The number of nitrogens with one attached hydrogen (secondary N) is 1. The summed E-state index contributed by atoms with van der Waals surface area (Å²) in [4.78, 5) is 45.9. The molecule has 35 heavy (non-hydrogen) atoms. The Labute approximate surface area is 205 Å². The standard InChI is InChI=1S/C26H34N4O5/c1-3-35-26(33)19-5-4-10-30(17-19)25(32)9-8-24(31)27-20-6-7-22-21(16-20)18(2)15-23(28-22)29-11-13-34-14-12-29/h6-7,15-16,19H,3-5,8-14,17H2,1-2H3,(H,27,31). The van der Waals surface area contributed by atoms with E-state index in [1.54, 1.807) is 11.8 Å². The van der Waals surface area contributed by atoms with E-state index in [2.05, 4.69) is 16.3 Å². The van der Waals surface area contributed by atoms with Gasteiger partial charge >= 0.3 is 5.97 Å². The van der Waals surface area contributed by atoms with Crippen molar-refractivity contribution in [3.8, 4) is 0 Å². The number of likely N-dealkylation sites (tertiary alicyclic amines) is 1. The Kier molecular flexibility index (Phi) is 8.17. The van der Waals surface area contributed by atoms with Crippen LogP contribution in [-0.2, 0) is 23.9 Å². The maximum Gasteiger partial charge on any atom is 0.310 e. The Balaban J connectivity index is 1.32. The fraction of sp³-hybridized carbons (Fsp3) is 0.538. The zero-order valence-corrected chi connectivity index (χ0v) is 20.5. The van der Waals surface area contributed by atoms with Crippen molar-refractivity contribution < 1.29 is 23.9 Å². The monoisotopic (exact) mass is 482 g/mol. The Morgan fingerprint density at radius 2 is 1.94 bits per heavy atom. The number of ether oxygens (including phenoxy) is 2. The van der Waals surface area contributed by atoms with Gasteiger partial charge in [0.1, 0.15) is 5.82 Å². The van der Waals surface area contributed by atoms with E-state index >= 15 is 0 Å². The number of carbonyl (C=O) groups is 3. The van der Waals surface area contributed by atoms with Crippen molar-refractivity contribution in [2.24, 2.45) is 5.92 Å². The number of morpholine rings is 1. The Hall–Kier alpha value is -3.20. The van der Waals surface area contributed by atoms with Crippen LogP contribution in [0.15, 0.2) is 24.3 Å². The topological polar surface area (TPSA) is 101 Å². The lowest BCUT2D eigenvalue weighted by molar-refractivity contribution is -0.151. The molecule has 0 bridgehead atoms. The quantitative estimate of drug-likeness (QED) is 0.606. The maximum atomic E-state index is 12.6. The molecule has 1 atom stereocenters. The molecule has 0 spiro atoms. The molecule has 2 aromatic rings. The van der Waals surface area contributed by atoms with Crippen LogP contribution in [0.2, 0.25) is 0 Å². The molecule has 3 heterocycles. The van der Waals surface area contributed by atoms with Crippen LogP contribution in [0.1, 0.15) is 38.2 Å². The number of benzene rings is 1. The molecular formula is C26H34N4O5. The number of amides is 2. The Bertz CT molecular complexity index is 1080. The first-order valence-electron chi connectivity index (χ1n) is 12.4. The van der Waals surface area contributed by atoms with Crippen molar-refractivity contribution in [2.45, 2.75) is 39.5 Å². The van der Waals surface area contributed by atoms with Gasteiger partial charge in [0.25, 0.3) is 0 Å². The van der Waals surface area contributed by atoms with Crippen LogP contribution in [-0.4, -0.2) is 73.7 Å². The number of aryl methyl sites for hydroxylation is 1. The van der Waals surface area contributed by atoms with Gasteiger partial charge in [-0.15, -0.1) is 0 Å².